The molecule has 3 rings (SSSR count). The summed E-state index contributed by atoms with van der Waals surface area (Å²) in [7, 11) is 0. The molecule has 0 bridgehead atoms. The Morgan fingerprint density at radius 2 is 1.95 bits per heavy atom. The van der Waals surface area contributed by atoms with E-state index in [0.29, 0.717) is 31.9 Å². The Morgan fingerprint density at radius 3 is 2.70 bits per heavy atom. The lowest BCUT2D eigenvalue weighted by molar-refractivity contribution is 0.0300. The second kappa shape index (κ2) is 5.09. The van der Waals surface area contributed by atoms with Gasteiger partial charge in [-0.25, -0.2) is 4.79 Å². The first kappa shape index (κ1) is 12.9. The van der Waals surface area contributed by atoms with Gasteiger partial charge in [0.2, 0.25) is 0 Å². The summed E-state index contributed by atoms with van der Waals surface area (Å²) in [5.41, 5.74) is 1.05. The number of morpholine rings is 1. The summed E-state index contributed by atoms with van der Waals surface area (Å²) in [5.74, 6) is -0.287. The van der Waals surface area contributed by atoms with Gasteiger partial charge in [-0.1, -0.05) is 11.6 Å². The summed E-state index contributed by atoms with van der Waals surface area (Å²) in [5, 5.41) is 0.765. The largest absolute Gasteiger partial charge is 0.422 e. The molecule has 104 valence electrons. The molecule has 0 N–H and O–H groups in total. The van der Waals surface area contributed by atoms with Gasteiger partial charge in [-0.05, 0) is 25.1 Å². The van der Waals surface area contributed by atoms with E-state index in [1.165, 1.54) is 0 Å². The number of rotatable bonds is 1. The Bertz CT molecular complexity index is 713. The average Bonchev–Trinajstić information content (AvgIpc) is 2.47. The SMILES string of the molecule is Cc1ccc2oc(=O)c(C(=O)N3CCOCC3)cc2c1. The van der Waals surface area contributed by atoms with E-state index in [1.807, 2.05) is 19.1 Å². The lowest BCUT2D eigenvalue weighted by atomic mass is 10.1. The van der Waals surface area contributed by atoms with Gasteiger partial charge in [-0.3, -0.25) is 4.79 Å². The molecule has 0 radical (unpaired) electrons. The summed E-state index contributed by atoms with van der Waals surface area (Å²) in [4.78, 5) is 25.9. The van der Waals surface area contributed by atoms with E-state index >= 15 is 0 Å². The van der Waals surface area contributed by atoms with Crippen molar-refractivity contribution in [1.82, 2.24) is 4.90 Å². The second-order valence-corrected chi connectivity index (χ2v) is 4.89. The van der Waals surface area contributed by atoms with Crippen LogP contribution < -0.4 is 5.63 Å². The van der Waals surface area contributed by atoms with Crippen LogP contribution in [0.5, 0.6) is 0 Å². The zero-order valence-electron chi connectivity index (χ0n) is 11.2. The molecule has 1 fully saturated rings. The van der Waals surface area contributed by atoms with Crippen molar-refractivity contribution in [2.45, 2.75) is 6.92 Å². The van der Waals surface area contributed by atoms with Crippen molar-refractivity contribution in [3.63, 3.8) is 0 Å². The minimum atomic E-state index is -0.585. The molecule has 1 aliphatic rings. The monoisotopic (exact) mass is 273 g/mol. The van der Waals surface area contributed by atoms with Crippen LogP contribution >= 0.6 is 0 Å². The van der Waals surface area contributed by atoms with Gasteiger partial charge >= 0.3 is 5.63 Å². The van der Waals surface area contributed by atoms with E-state index in [4.69, 9.17) is 9.15 Å². The maximum atomic E-state index is 12.4. The van der Waals surface area contributed by atoms with Gasteiger partial charge < -0.3 is 14.1 Å². The third-order valence-electron chi connectivity index (χ3n) is 3.42. The summed E-state index contributed by atoms with van der Waals surface area (Å²) in [6, 6.07) is 7.13. The fraction of sp³-hybridized carbons (Fsp3) is 0.333. The molecule has 5 heteroatoms. The highest BCUT2D eigenvalue weighted by molar-refractivity contribution is 5.96. The summed E-state index contributed by atoms with van der Waals surface area (Å²) in [6.45, 7) is 3.97. The van der Waals surface area contributed by atoms with Crippen LogP contribution in [0, 0.1) is 6.92 Å². The molecule has 1 amide bonds. The van der Waals surface area contributed by atoms with Crippen LogP contribution in [-0.4, -0.2) is 37.1 Å². The van der Waals surface area contributed by atoms with Crippen molar-refractivity contribution in [3.05, 3.63) is 45.8 Å². The van der Waals surface area contributed by atoms with Crippen molar-refractivity contribution in [2.24, 2.45) is 0 Å². The maximum Gasteiger partial charge on any atom is 0.349 e. The quantitative estimate of drug-likeness (QED) is 0.740. The topological polar surface area (TPSA) is 59.8 Å². The second-order valence-electron chi connectivity index (χ2n) is 4.89. The maximum absolute atomic E-state index is 12.4. The number of carbonyl (C=O) groups is 1. The van der Waals surface area contributed by atoms with Crippen LogP contribution in [0.25, 0.3) is 11.0 Å². The van der Waals surface area contributed by atoms with Crippen LogP contribution in [0.2, 0.25) is 0 Å². The van der Waals surface area contributed by atoms with E-state index in [1.54, 1.807) is 17.0 Å². The molecule has 1 aliphatic heterocycles. The highest BCUT2D eigenvalue weighted by Crippen LogP contribution is 2.16. The number of benzene rings is 1. The molecule has 0 aliphatic carbocycles. The molecular weight excluding hydrogens is 258 g/mol. The number of hydrogen-bond acceptors (Lipinski definition) is 4. The normalized spacial score (nSPS) is 15.6. The van der Waals surface area contributed by atoms with Crippen LogP contribution in [0.1, 0.15) is 15.9 Å². The lowest BCUT2D eigenvalue weighted by Gasteiger charge is -2.26. The van der Waals surface area contributed by atoms with Gasteiger partial charge in [0, 0.05) is 18.5 Å². The summed E-state index contributed by atoms with van der Waals surface area (Å²) in [6.07, 6.45) is 0. The Morgan fingerprint density at radius 1 is 1.20 bits per heavy atom. The third kappa shape index (κ3) is 2.32. The van der Waals surface area contributed by atoms with Crippen molar-refractivity contribution < 1.29 is 13.9 Å². The van der Waals surface area contributed by atoms with Gasteiger partial charge in [0.25, 0.3) is 5.91 Å². The fourth-order valence-corrected chi connectivity index (χ4v) is 2.33. The number of carbonyl (C=O) groups excluding carboxylic acids is 1. The Hall–Kier alpha value is -2.14. The van der Waals surface area contributed by atoms with Gasteiger partial charge in [0.1, 0.15) is 11.1 Å². The molecule has 0 unspecified atom stereocenters. The minimum Gasteiger partial charge on any atom is -0.422 e. The number of ether oxygens (including phenoxy) is 1. The molecule has 0 atom stereocenters. The molecule has 1 aromatic heterocycles. The molecule has 0 spiro atoms. The van der Waals surface area contributed by atoms with E-state index in [-0.39, 0.29) is 11.5 Å². The highest BCUT2D eigenvalue weighted by Gasteiger charge is 2.22. The molecule has 2 aromatic rings. The first-order chi connectivity index (χ1) is 9.65. The van der Waals surface area contributed by atoms with Crippen LogP contribution in [0.4, 0.5) is 0 Å². The molecule has 0 saturated carbocycles. The molecule has 1 saturated heterocycles. The van der Waals surface area contributed by atoms with E-state index in [9.17, 15) is 9.59 Å². The zero-order valence-corrected chi connectivity index (χ0v) is 11.2. The predicted molar refractivity (Wildman–Crippen MR) is 73.9 cm³/mol. The number of fused-ring (bicyclic) bond motifs is 1. The Labute approximate surface area is 115 Å². The van der Waals surface area contributed by atoms with Crippen molar-refractivity contribution in [1.29, 1.82) is 0 Å². The van der Waals surface area contributed by atoms with E-state index in [0.717, 1.165) is 10.9 Å². The van der Waals surface area contributed by atoms with Gasteiger partial charge in [-0.15, -0.1) is 0 Å². The van der Waals surface area contributed by atoms with Crippen LogP contribution in [0.15, 0.2) is 33.5 Å². The first-order valence-electron chi connectivity index (χ1n) is 6.57. The molecule has 2 heterocycles. The number of amides is 1. The molecule has 1 aromatic carbocycles. The smallest absolute Gasteiger partial charge is 0.349 e. The number of aryl methyl sites for hydroxylation is 1. The summed E-state index contributed by atoms with van der Waals surface area (Å²) >= 11 is 0. The van der Waals surface area contributed by atoms with E-state index < -0.39 is 5.63 Å². The third-order valence-corrected chi connectivity index (χ3v) is 3.42. The van der Waals surface area contributed by atoms with Crippen LogP contribution in [-0.2, 0) is 4.74 Å². The van der Waals surface area contributed by atoms with Gasteiger partial charge in [0.15, 0.2) is 0 Å². The van der Waals surface area contributed by atoms with E-state index in [2.05, 4.69) is 0 Å². The Balaban J connectivity index is 2.03. The summed E-state index contributed by atoms with van der Waals surface area (Å²) < 4.78 is 10.4. The zero-order chi connectivity index (χ0) is 14.1. The predicted octanol–water partition coefficient (Wildman–Crippen LogP) is 1.57. The van der Waals surface area contributed by atoms with Gasteiger partial charge in [-0.2, -0.15) is 0 Å². The fourth-order valence-electron chi connectivity index (χ4n) is 2.33. The van der Waals surface area contributed by atoms with Crippen molar-refractivity contribution >= 4 is 16.9 Å². The van der Waals surface area contributed by atoms with Gasteiger partial charge in [0.05, 0.1) is 13.2 Å². The average molecular weight is 273 g/mol. The Kier molecular flexibility index (Phi) is 3.28. The molecule has 20 heavy (non-hydrogen) atoms. The van der Waals surface area contributed by atoms with Crippen molar-refractivity contribution in [3.8, 4) is 0 Å². The first-order valence-corrected chi connectivity index (χ1v) is 6.57. The van der Waals surface area contributed by atoms with Crippen molar-refractivity contribution in [2.75, 3.05) is 26.3 Å². The standard InChI is InChI=1S/C15H15NO4/c1-10-2-3-13-11(8-10)9-12(15(18)20-13)14(17)16-4-6-19-7-5-16/h2-3,8-9H,4-7H2,1H3. The minimum absolute atomic E-state index is 0.0880. The number of hydrogen-bond donors (Lipinski definition) is 0. The molecule has 5 nitrogen and oxygen atoms in total. The number of nitrogens with zero attached hydrogens (tertiary/aromatic N) is 1. The highest BCUT2D eigenvalue weighted by atomic mass is 16.5. The molecular formula is C15H15NO4. The van der Waals surface area contributed by atoms with Crippen LogP contribution in [0.3, 0.4) is 0 Å². The lowest BCUT2D eigenvalue weighted by Crippen LogP contribution is -2.42.